The lowest BCUT2D eigenvalue weighted by molar-refractivity contribution is 0.0466. The Morgan fingerprint density at radius 1 is 1.19 bits per heavy atom. The summed E-state index contributed by atoms with van der Waals surface area (Å²) in [4.78, 5) is 0. The minimum absolute atomic E-state index is 0.0652. The number of benzene rings is 1. The molecule has 1 aliphatic rings. The number of ether oxygens (including phenoxy) is 2. The number of para-hydroxylation sites is 1. The van der Waals surface area contributed by atoms with Crippen LogP contribution in [0, 0.1) is 0 Å². The molecular formula is C16H20N2O3. The van der Waals surface area contributed by atoms with E-state index in [-0.39, 0.29) is 5.41 Å². The van der Waals surface area contributed by atoms with Crippen molar-refractivity contribution in [1.29, 1.82) is 0 Å². The lowest BCUT2D eigenvalue weighted by atomic mass is 9.82. The number of rotatable bonds is 4. The van der Waals surface area contributed by atoms with Crippen LogP contribution >= 0.6 is 0 Å². The van der Waals surface area contributed by atoms with Gasteiger partial charge in [0, 0.05) is 18.8 Å². The van der Waals surface area contributed by atoms with Crippen LogP contribution < -0.4 is 4.74 Å². The molecule has 112 valence electrons. The quantitative estimate of drug-likeness (QED) is 0.865. The molecule has 0 radical (unpaired) electrons. The van der Waals surface area contributed by atoms with Crippen molar-refractivity contribution in [1.82, 2.24) is 10.2 Å². The van der Waals surface area contributed by atoms with E-state index in [1.165, 1.54) is 0 Å². The first-order valence-corrected chi connectivity index (χ1v) is 7.24. The molecule has 1 fully saturated rings. The molecule has 0 saturated carbocycles. The second kappa shape index (κ2) is 5.85. The van der Waals surface area contributed by atoms with Gasteiger partial charge in [-0.3, -0.25) is 0 Å². The Kier molecular flexibility index (Phi) is 3.92. The molecule has 3 rings (SSSR count). The van der Waals surface area contributed by atoms with E-state index in [4.69, 9.17) is 13.9 Å². The average molecular weight is 288 g/mol. The van der Waals surface area contributed by atoms with E-state index in [1.807, 2.05) is 24.3 Å². The molecule has 0 spiro atoms. The monoisotopic (exact) mass is 288 g/mol. The molecular weight excluding hydrogens is 268 g/mol. The molecule has 0 amide bonds. The molecule has 1 aromatic heterocycles. The molecule has 2 aromatic rings. The number of methoxy groups -OCH3 is 1. The lowest BCUT2D eigenvalue weighted by Crippen LogP contribution is -2.30. The summed E-state index contributed by atoms with van der Waals surface area (Å²) in [6.45, 7) is 3.66. The largest absolute Gasteiger partial charge is 0.496 e. The van der Waals surface area contributed by atoms with Gasteiger partial charge in [-0.25, -0.2) is 0 Å². The fraction of sp³-hybridized carbons (Fsp3) is 0.500. The molecule has 1 aliphatic heterocycles. The normalized spacial score (nSPS) is 17.6. The maximum Gasteiger partial charge on any atom is 0.222 e. The topological polar surface area (TPSA) is 57.4 Å². The Hall–Kier alpha value is -1.88. The predicted octanol–water partition coefficient (Wildman–Crippen LogP) is 2.74. The van der Waals surface area contributed by atoms with Gasteiger partial charge in [0.25, 0.3) is 0 Å². The van der Waals surface area contributed by atoms with Gasteiger partial charge in [0.15, 0.2) is 0 Å². The lowest BCUT2D eigenvalue weighted by Gasteiger charge is -2.29. The first-order chi connectivity index (χ1) is 10.2. The number of nitrogens with zero attached hydrogens (tertiary/aromatic N) is 2. The zero-order valence-corrected chi connectivity index (χ0v) is 12.5. The Labute approximate surface area is 124 Å². The third-order valence-corrected chi connectivity index (χ3v) is 4.11. The van der Waals surface area contributed by atoms with Crippen LogP contribution in [0.3, 0.4) is 0 Å². The van der Waals surface area contributed by atoms with Crippen LogP contribution in [0.5, 0.6) is 5.75 Å². The minimum Gasteiger partial charge on any atom is -0.496 e. The maximum atomic E-state index is 5.90. The Morgan fingerprint density at radius 3 is 2.71 bits per heavy atom. The summed E-state index contributed by atoms with van der Waals surface area (Å²) >= 11 is 0. The summed E-state index contributed by atoms with van der Waals surface area (Å²) in [6.07, 6.45) is 2.43. The van der Waals surface area contributed by atoms with Crippen LogP contribution in [0.15, 0.2) is 28.7 Å². The van der Waals surface area contributed by atoms with Gasteiger partial charge in [-0.1, -0.05) is 25.1 Å². The van der Waals surface area contributed by atoms with Gasteiger partial charge in [0.05, 0.1) is 18.9 Å². The Morgan fingerprint density at radius 2 is 1.95 bits per heavy atom. The molecule has 21 heavy (non-hydrogen) atoms. The summed E-state index contributed by atoms with van der Waals surface area (Å²) in [5, 5.41) is 8.44. The molecule has 0 bridgehead atoms. The standard InChI is InChI=1S/C16H20N2O3/c1-16(7-9-20-10-8-16)15-18-17-14(21-15)11-12-5-3-4-6-13(12)19-2/h3-6H,7-11H2,1-2H3. The van der Waals surface area contributed by atoms with Crippen LogP contribution in [0.4, 0.5) is 0 Å². The fourth-order valence-electron chi connectivity index (χ4n) is 2.62. The van der Waals surface area contributed by atoms with Crippen molar-refractivity contribution in [3.05, 3.63) is 41.6 Å². The summed E-state index contributed by atoms with van der Waals surface area (Å²) < 4.78 is 16.7. The molecule has 2 heterocycles. The van der Waals surface area contributed by atoms with Crippen molar-refractivity contribution < 1.29 is 13.9 Å². The van der Waals surface area contributed by atoms with E-state index in [9.17, 15) is 0 Å². The van der Waals surface area contributed by atoms with Crippen LogP contribution in [-0.4, -0.2) is 30.5 Å². The summed E-state index contributed by atoms with van der Waals surface area (Å²) in [5.74, 6) is 2.19. The molecule has 0 atom stereocenters. The average Bonchev–Trinajstić information content (AvgIpc) is 2.98. The van der Waals surface area contributed by atoms with Crippen molar-refractivity contribution >= 4 is 0 Å². The fourth-order valence-corrected chi connectivity index (χ4v) is 2.62. The van der Waals surface area contributed by atoms with Crippen molar-refractivity contribution in [2.24, 2.45) is 0 Å². The number of aromatic nitrogens is 2. The van der Waals surface area contributed by atoms with Gasteiger partial charge in [0.1, 0.15) is 5.75 Å². The van der Waals surface area contributed by atoms with Crippen LogP contribution in [0.1, 0.15) is 37.1 Å². The highest BCUT2D eigenvalue weighted by molar-refractivity contribution is 5.34. The van der Waals surface area contributed by atoms with Gasteiger partial charge in [-0.2, -0.15) is 0 Å². The summed E-state index contributed by atoms with van der Waals surface area (Å²) in [5.41, 5.74) is 0.983. The van der Waals surface area contributed by atoms with Gasteiger partial charge >= 0.3 is 0 Å². The zero-order valence-electron chi connectivity index (χ0n) is 12.5. The Bertz CT molecular complexity index is 603. The third-order valence-electron chi connectivity index (χ3n) is 4.11. The minimum atomic E-state index is -0.0652. The van der Waals surface area contributed by atoms with E-state index >= 15 is 0 Å². The molecule has 0 unspecified atom stereocenters. The van der Waals surface area contributed by atoms with Crippen LogP contribution in [0.2, 0.25) is 0 Å². The molecule has 5 heteroatoms. The Balaban J connectivity index is 1.79. The van der Waals surface area contributed by atoms with Crippen LogP contribution in [0.25, 0.3) is 0 Å². The highest BCUT2D eigenvalue weighted by atomic mass is 16.5. The van der Waals surface area contributed by atoms with E-state index in [1.54, 1.807) is 7.11 Å². The van der Waals surface area contributed by atoms with Crippen molar-refractivity contribution in [2.45, 2.75) is 31.6 Å². The highest BCUT2D eigenvalue weighted by Gasteiger charge is 2.34. The van der Waals surface area contributed by atoms with E-state index in [2.05, 4.69) is 17.1 Å². The van der Waals surface area contributed by atoms with E-state index < -0.39 is 0 Å². The third kappa shape index (κ3) is 2.93. The van der Waals surface area contributed by atoms with Crippen LogP contribution in [-0.2, 0) is 16.6 Å². The molecule has 1 aromatic carbocycles. The van der Waals surface area contributed by atoms with Gasteiger partial charge in [-0.05, 0) is 18.9 Å². The first-order valence-electron chi connectivity index (χ1n) is 7.24. The van der Waals surface area contributed by atoms with Crippen molar-refractivity contribution in [3.63, 3.8) is 0 Å². The zero-order chi connectivity index (χ0) is 14.7. The van der Waals surface area contributed by atoms with Crippen molar-refractivity contribution in [2.75, 3.05) is 20.3 Å². The van der Waals surface area contributed by atoms with Crippen molar-refractivity contribution in [3.8, 4) is 5.75 Å². The second-order valence-electron chi connectivity index (χ2n) is 5.66. The summed E-state index contributed by atoms with van der Waals surface area (Å²) in [7, 11) is 1.67. The smallest absolute Gasteiger partial charge is 0.222 e. The summed E-state index contributed by atoms with van der Waals surface area (Å²) in [6, 6.07) is 7.88. The highest BCUT2D eigenvalue weighted by Crippen LogP contribution is 2.33. The second-order valence-corrected chi connectivity index (χ2v) is 5.66. The van der Waals surface area contributed by atoms with Gasteiger partial charge in [0.2, 0.25) is 11.8 Å². The number of hydrogen-bond donors (Lipinski definition) is 0. The van der Waals surface area contributed by atoms with Gasteiger partial charge in [-0.15, -0.1) is 10.2 Å². The van der Waals surface area contributed by atoms with E-state index in [0.717, 1.165) is 43.3 Å². The first kappa shape index (κ1) is 14.1. The number of hydrogen-bond acceptors (Lipinski definition) is 5. The SMILES string of the molecule is COc1ccccc1Cc1nnc(C2(C)CCOCC2)o1. The molecule has 1 saturated heterocycles. The molecule has 0 N–H and O–H groups in total. The maximum absolute atomic E-state index is 5.90. The predicted molar refractivity (Wildman–Crippen MR) is 77.5 cm³/mol. The van der Waals surface area contributed by atoms with Gasteiger partial charge < -0.3 is 13.9 Å². The molecule has 0 aliphatic carbocycles. The van der Waals surface area contributed by atoms with E-state index in [0.29, 0.717) is 12.3 Å². The molecule has 5 nitrogen and oxygen atoms in total.